The fourth-order valence-corrected chi connectivity index (χ4v) is 1.72. The molecule has 0 heterocycles. The second kappa shape index (κ2) is 4.01. The molecule has 0 aliphatic heterocycles. The van der Waals surface area contributed by atoms with Gasteiger partial charge in [-0.1, -0.05) is 0 Å². The number of benzene rings is 1. The van der Waals surface area contributed by atoms with Crippen molar-refractivity contribution in [3.8, 4) is 11.5 Å². The Hall–Kier alpha value is -1.38. The van der Waals surface area contributed by atoms with Crippen LogP contribution in [0.2, 0.25) is 0 Å². The van der Waals surface area contributed by atoms with Crippen LogP contribution < -0.4 is 14.4 Å². The van der Waals surface area contributed by atoms with Gasteiger partial charge in [0.1, 0.15) is 0 Å². The number of anilines is 1. The SMILES string of the molecule is COc1ccc(N(C)C2CC2)cc1OC. The van der Waals surface area contributed by atoms with Gasteiger partial charge in [-0.25, -0.2) is 0 Å². The zero-order valence-corrected chi connectivity index (χ0v) is 9.49. The van der Waals surface area contributed by atoms with Crippen LogP contribution in [0.5, 0.6) is 11.5 Å². The van der Waals surface area contributed by atoms with Crippen LogP contribution in [-0.4, -0.2) is 27.3 Å². The van der Waals surface area contributed by atoms with Crippen LogP contribution in [0.1, 0.15) is 12.8 Å². The van der Waals surface area contributed by atoms with Crippen molar-refractivity contribution >= 4 is 5.69 Å². The van der Waals surface area contributed by atoms with Crippen molar-refractivity contribution in [3.05, 3.63) is 18.2 Å². The van der Waals surface area contributed by atoms with Crippen molar-refractivity contribution < 1.29 is 9.47 Å². The Bertz CT molecular complexity index is 347. The van der Waals surface area contributed by atoms with Crippen LogP contribution in [0.25, 0.3) is 0 Å². The van der Waals surface area contributed by atoms with Crippen molar-refractivity contribution in [1.29, 1.82) is 0 Å². The summed E-state index contributed by atoms with van der Waals surface area (Å²) in [5.41, 5.74) is 1.19. The highest BCUT2D eigenvalue weighted by Crippen LogP contribution is 2.35. The number of nitrogens with zero attached hydrogens (tertiary/aromatic N) is 1. The van der Waals surface area contributed by atoms with Gasteiger partial charge in [-0.3, -0.25) is 0 Å². The predicted molar refractivity (Wildman–Crippen MR) is 61.0 cm³/mol. The third kappa shape index (κ3) is 2.01. The largest absolute Gasteiger partial charge is 0.493 e. The Morgan fingerprint density at radius 3 is 2.33 bits per heavy atom. The zero-order valence-electron chi connectivity index (χ0n) is 9.49. The highest BCUT2D eigenvalue weighted by molar-refractivity contribution is 5.57. The van der Waals surface area contributed by atoms with Gasteiger partial charge in [-0.05, 0) is 25.0 Å². The lowest BCUT2D eigenvalue weighted by atomic mass is 10.2. The Labute approximate surface area is 90.6 Å². The quantitative estimate of drug-likeness (QED) is 0.756. The molecular formula is C12H17NO2. The van der Waals surface area contributed by atoms with Gasteiger partial charge in [0.2, 0.25) is 0 Å². The molecule has 1 aliphatic rings. The molecule has 1 aromatic carbocycles. The molecule has 1 aliphatic carbocycles. The maximum Gasteiger partial charge on any atom is 0.162 e. The first-order valence-corrected chi connectivity index (χ1v) is 5.21. The molecule has 0 saturated heterocycles. The minimum atomic E-state index is 0.711. The van der Waals surface area contributed by atoms with E-state index < -0.39 is 0 Å². The van der Waals surface area contributed by atoms with Gasteiger partial charge in [0.15, 0.2) is 11.5 Å². The molecule has 1 aromatic rings. The Kier molecular flexibility index (Phi) is 2.71. The topological polar surface area (TPSA) is 21.7 Å². The van der Waals surface area contributed by atoms with Crippen LogP contribution in [-0.2, 0) is 0 Å². The van der Waals surface area contributed by atoms with E-state index in [4.69, 9.17) is 9.47 Å². The number of rotatable bonds is 4. The van der Waals surface area contributed by atoms with Gasteiger partial charge in [0.25, 0.3) is 0 Å². The summed E-state index contributed by atoms with van der Waals surface area (Å²) in [6.45, 7) is 0. The highest BCUT2D eigenvalue weighted by atomic mass is 16.5. The maximum atomic E-state index is 5.28. The number of ether oxygens (including phenoxy) is 2. The Morgan fingerprint density at radius 2 is 1.80 bits per heavy atom. The minimum Gasteiger partial charge on any atom is -0.493 e. The van der Waals surface area contributed by atoms with Crippen LogP contribution >= 0.6 is 0 Å². The first-order chi connectivity index (χ1) is 7.26. The van der Waals surface area contributed by atoms with Crippen LogP contribution in [0.15, 0.2) is 18.2 Å². The number of hydrogen-bond acceptors (Lipinski definition) is 3. The van der Waals surface area contributed by atoms with Gasteiger partial charge in [-0.2, -0.15) is 0 Å². The van der Waals surface area contributed by atoms with Crippen molar-refractivity contribution in [1.82, 2.24) is 0 Å². The summed E-state index contributed by atoms with van der Waals surface area (Å²) in [5, 5.41) is 0. The summed E-state index contributed by atoms with van der Waals surface area (Å²) < 4.78 is 10.5. The number of hydrogen-bond donors (Lipinski definition) is 0. The molecule has 3 heteroatoms. The molecule has 0 radical (unpaired) electrons. The summed E-state index contributed by atoms with van der Waals surface area (Å²) in [6, 6.07) is 6.76. The molecule has 1 saturated carbocycles. The van der Waals surface area contributed by atoms with Crippen LogP contribution in [0.4, 0.5) is 5.69 Å². The molecule has 0 atom stereocenters. The molecule has 1 fully saturated rings. The Morgan fingerprint density at radius 1 is 1.13 bits per heavy atom. The summed E-state index contributed by atoms with van der Waals surface area (Å²) in [4.78, 5) is 2.29. The molecule has 2 rings (SSSR count). The van der Waals surface area contributed by atoms with Crippen LogP contribution in [0.3, 0.4) is 0 Å². The van der Waals surface area contributed by atoms with Gasteiger partial charge >= 0.3 is 0 Å². The lowest BCUT2D eigenvalue weighted by Crippen LogP contribution is -2.19. The van der Waals surface area contributed by atoms with Crippen molar-refractivity contribution in [2.75, 3.05) is 26.2 Å². The minimum absolute atomic E-state index is 0.711. The molecule has 15 heavy (non-hydrogen) atoms. The first-order valence-electron chi connectivity index (χ1n) is 5.21. The molecule has 0 spiro atoms. The van der Waals surface area contributed by atoms with E-state index >= 15 is 0 Å². The molecule has 0 bridgehead atoms. The van der Waals surface area contributed by atoms with E-state index in [-0.39, 0.29) is 0 Å². The second-order valence-corrected chi connectivity index (χ2v) is 3.88. The second-order valence-electron chi connectivity index (χ2n) is 3.88. The van der Waals surface area contributed by atoms with E-state index in [2.05, 4.69) is 18.0 Å². The predicted octanol–water partition coefficient (Wildman–Crippen LogP) is 2.30. The summed E-state index contributed by atoms with van der Waals surface area (Å²) in [7, 11) is 5.44. The average Bonchev–Trinajstić information content (AvgIpc) is 3.11. The molecule has 3 nitrogen and oxygen atoms in total. The van der Waals surface area contributed by atoms with E-state index in [0.717, 1.165) is 11.5 Å². The normalized spacial score (nSPS) is 14.9. The first kappa shape index (κ1) is 10.1. The molecule has 82 valence electrons. The standard InChI is InChI=1S/C12H17NO2/c1-13(9-4-5-9)10-6-7-11(14-2)12(8-10)15-3/h6-9H,4-5H2,1-3H3. The van der Waals surface area contributed by atoms with E-state index in [1.54, 1.807) is 14.2 Å². The summed E-state index contributed by atoms with van der Waals surface area (Å²) >= 11 is 0. The van der Waals surface area contributed by atoms with Crippen molar-refractivity contribution in [3.63, 3.8) is 0 Å². The third-order valence-corrected chi connectivity index (χ3v) is 2.87. The lowest BCUT2D eigenvalue weighted by molar-refractivity contribution is 0.355. The lowest BCUT2D eigenvalue weighted by Gasteiger charge is -2.20. The monoisotopic (exact) mass is 207 g/mol. The Balaban J connectivity index is 2.25. The maximum absolute atomic E-state index is 5.28. The fourth-order valence-electron chi connectivity index (χ4n) is 1.72. The molecule has 0 amide bonds. The van der Waals surface area contributed by atoms with Crippen LogP contribution in [0, 0.1) is 0 Å². The molecular weight excluding hydrogens is 190 g/mol. The average molecular weight is 207 g/mol. The molecule has 0 unspecified atom stereocenters. The molecule has 0 aromatic heterocycles. The van der Waals surface area contributed by atoms with E-state index in [9.17, 15) is 0 Å². The number of methoxy groups -OCH3 is 2. The smallest absolute Gasteiger partial charge is 0.162 e. The molecule has 0 N–H and O–H groups in total. The van der Waals surface area contributed by atoms with Crippen molar-refractivity contribution in [2.45, 2.75) is 18.9 Å². The van der Waals surface area contributed by atoms with Gasteiger partial charge in [0, 0.05) is 24.8 Å². The zero-order chi connectivity index (χ0) is 10.8. The van der Waals surface area contributed by atoms with E-state index in [1.165, 1.54) is 18.5 Å². The van der Waals surface area contributed by atoms with Crippen molar-refractivity contribution in [2.24, 2.45) is 0 Å². The van der Waals surface area contributed by atoms with Gasteiger partial charge < -0.3 is 14.4 Å². The third-order valence-electron chi connectivity index (χ3n) is 2.87. The van der Waals surface area contributed by atoms with Gasteiger partial charge in [-0.15, -0.1) is 0 Å². The van der Waals surface area contributed by atoms with E-state index in [1.807, 2.05) is 12.1 Å². The summed E-state index contributed by atoms with van der Waals surface area (Å²) in [5.74, 6) is 1.58. The fraction of sp³-hybridized carbons (Fsp3) is 0.500. The highest BCUT2D eigenvalue weighted by Gasteiger charge is 2.26. The van der Waals surface area contributed by atoms with Gasteiger partial charge in [0.05, 0.1) is 14.2 Å². The van der Waals surface area contributed by atoms with E-state index in [0.29, 0.717) is 6.04 Å². The summed E-state index contributed by atoms with van der Waals surface area (Å²) in [6.07, 6.45) is 2.59.